The first-order valence-electron chi connectivity index (χ1n) is 4.31. The van der Waals surface area contributed by atoms with Gasteiger partial charge >= 0.3 is 0 Å². The number of hydrogen-bond donors (Lipinski definition) is 0. The highest BCUT2D eigenvalue weighted by molar-refractivity contribution is 6.34. The van der Waals surface area contributed by atoms with E-state index in [0.29, 0.717) is 6.04 Å². The lowest BCUT2D eigenvalue weighted by Gasteiger charge is -2.07. The Labute approximate surface area is 82.1 Å². The molecule has 2 rings (SSSR count). The highest BCUT2D eigenvalue weighted by atomic mass is 35.5. The van der Waals surface area contributed by atoms with Gasteiger partial charge in [-0.2, -0.15) is 0 Å². The molecule has 0 amide bonds. The highest BCUT2D eigenvalue weighted by Gasteiger charge is 2.06. The fourth-order valence-electron chi connectivity index (χ4n) is 1.43. The van der Waals surface area contributed by atoms with Crippen molar-refractivity contribution >= 4 is 22.6 Å². The molecule has 68 valence electrons. The third-order valence-corrected chi connectivity index (χ3v) is 2.42. The summed E-state index contributed by atoms with van der Waals surface area (Å²) < 4.78 is 2.11. The first-order valence-corrected chi connectivity index (χ1v) is 4.69. The summed E-state index contributed by atoms with van der Waals surface area (Å²) >= 11 is 6.00. The van der Waals surface area contributed by atoms with Crippen molar-refractivity contribution in [1.29, 1.82) is 0 Å². The van der Waals surface area contributed by atoms with E-state index < -0.39 is 0 Å². The molecule has 0 aliphatic carbocycles. The summed E-state index contributed by atoms with van der Waals surface area (Å²) in [4.78, 5) is 4.27. The quantitative estimate of drug-likeness (QED) is 0.682. The van der Waals surface area contributed by atoms with E-state index in [1.165, 1.54) is 0 Å². The van der Waals surface area contributed by atoms with Crippen LogP contribution in [-0.4, -0.2) is 9.55 Å². The molecule has 0 atom stereocenters. The molecule has 2 nitrogen and oxygen atoms in total. The molecule has 1 heterocycles. The van der Waals surface area contributed by atoms with Gasteiger partial charge in [0.2, 0.25) is 0 Å². The molecule has 0 unspecified atom stereocenters. The SMILES string of the molecule is CC(C)n1cnc2c(Cl)cccc21. The fourth-order valence-corrected chi connectivity index (χ4v) is 1.65. The molecule has 0 fully saturated rings. The first-order chi connectivity index (χ1) is 6.20. The van der Waals surface area contributed by atoms with Crippen LogP contribution in [0.1, 0.15) is 19.9 Å². The summed E-state index contributed by atoms with van der Waals surface area (Å²) in [6.45, 7) is 4.25. The fraction of sp³-hybridized carbons (Fsp3) is 0.300. The Balaban J connectivity index is 2.75. The number of aromatic nitrogens is 2. The molecular weight excluding hydrogens is 184 g/mol. The maximum Gasteiger partial charge on any atom is 0.107 e. The summed E-state index contributed by atoms with van der Waals surface area (Å²) in [5.41, 5.74) is 1.99. The van der Waals surface area contributed by atoms with Crippen molar-refractivity contribution in [2.45, 2.75) is 19.9 Å². The van der Waals surface area contributed by atoms with Crippen LogP contribution in [0.25, 0.3) is 11.0 Å². The summed E-state index contributed by atoms with van der Waals surface area (Å²) in [6.07, 6.45) is 1.83. The summed E-state index contributed by atoms with van der Waals surface area (Å²) in [7, 11) is 0. The molecule has 0 saturated heterocycles. The number of rotatable bonds is 1. The summed E-state index contributed by atoms with van der Waals surface area (Å²) in [5, 5.41) is 0.719. The number of hydrogen-bond acceptors (Lipinski definition) is 1. The molecule has 13 heavy (non-hydrogen) atoms. The Morgan fingerprint density at radius 3 is 2.85 bits per heavy atom. The van der Waals surface area contributed by atoms with Crippen LogP contribution in [0, 0.1) is 0 Å². The molecule has 3 heteroatoms. The minimum absolute atomic E-state index is 0.420. The zero-order valence-electron chi connectivity index (χ0n) is 7.66. The van der Waals surface area contributed by atoms with E-state index in [2.05, 4.69) is 23.4 Å². The zero-order chi connectivity index (χ0) is 9.42. The monoisotopic (exact) mass is 194 g/mol. The topological polar surface area (TPSA) is 17.8 Å². The van der Waals surface area contributed by atoms with Gasteiger partial charge in [-0.15, -0.1) is 0 Å². The molecule has 0 bridgehead atoms. The van der Waals surface area contributed by atoms with Gasteiger partial charge in [-0.25, -0.2) is 4.98 Å². The maximum absolute atomic E-state index is 6.00. The smallest absolute Gasteiger partial charge is 0.107 e. The molecule has 0 spiro atoms. The lowest BCUT2D eigenvalue weighted by atomic mass is 10.3. The predicted octanol–water partition coefficient (Wildman–Crippen LogP) is 3.27. The minimum atomic E-state index is 0.420. The molecule has 2 aromatic rings. The van der Waals surface area contributed by atoms with E-state index >= 15 is 0 Å². The lowest BCUT2D eigenvalue weighted by molar-refractivity contribution is 0.617. The van der Waals surface area contributed by atoms with Gasteiger partial charge in [-0.05, 0) is 26.0 Å². The largest absolute Gasteiger partial charge is 0.328 e. The van der Waals surface area contributed by atoms with Crippen LogP contribution in [0.15, 0.2) is 24.5 Å². The van der Waals surface area contributed by atoms with E-state index in [1.807, 2.05) is 24.5 Å². The van der Waals surface area contributed by atoms with Crippen LogP contribution in [0.4, 0.5) is 0 Å². The normalized spacial score (nSPS) is 11.4. The molecule has 0 radical (unpaired) electrons. The minimum Gasteiger partial charge on any atom is -0.328 e. The van der Waals surface area contributed by atoms with Crippen LogP contribution < -0.4 is 0 Å². The second-order valence-corrected chi connectivity index (χ2v) is 3.76. The van der Waals surface area contributed by atoms with Gasteiger partial charge in [0.25, 0.3) is 0 Å². The van der Waals surface area contributed by atoms with E-state index in [4.69, 9.17) is 11.6 Å². The summed E-state index contributed by atoms with van der Waals surface area (Å²) in [6, 6.07) is 6.27. The van der Waals surface area contributed by atoms with Gasteiger partial charge < -0.3 is 4.57 Å². The number of nitrogens with zero attached hydrogens (tertiary/aromatic N) is 2. The third-order valence-electron chi connectivity index (χ3n) is 2.11. The second kappa shape index (κ2) is 3.04. The second-order valence-electron chi connectivity index (χ2n) is 3.35. The van der Waals surface area contributed by atoms with Crippen molar-refractivity contribution in [2.24, 2.45) is 0 Å². The van der Waals surface area contributed by atoms with Crippen molar-refractivity contribution < 1.29 is 0 Å². The average molecular weight is 195 g/mol. The number of halogens is 1. The Morgan fingerprint density at radius 1 is 1.38 bits per heavy atom. The van der Waals surface area contributed by atoms with Gasteiger partial charge in [0.15, 0.2) is 0 Å². The Bertz CT molecular complexity index is 431. The predicted molar refractivity (Wildman–Crippen MR) is 55.1 cm³/mol. The standard InChI is InChI=1S/C10H11ClN2/c1-7(2)13-6-12-10-8(11)4-3-5-9(10)13/h3-7H,1-2H3. The van der Waals surface area contributed by atoms with Gasteiger partial charge in [-0.1, -0.05) is 17.7 Å². The lowest BCUT2D eigenvalue weighted by Crippen LogP contribution is -1.97. The average Bonchev–Trinajstić information content (AvgIpc) is 2.48. The van der Waals surface area contributed by atoms with Crippen LogP contribution in [-0.2, 0) is 0 Å². The molecule has 1 aromatic carbocycles. The van der Waals surface area contributed by atoms with Crippen LogP contribution in [0.5, 0.6) is 0 Å². The van der Waals surface area contributed by atoms with Gasteiger partial charge in [-0.3, -0.25) is 0 Å². The molecule has 0 aliphatic heterocycles. The number of fused-ring (bicyclic) bond motifs is 1. The number of para-hydroxylation sites is 1. The van der Waals surface area contributed by atoms with Crippen molar-refractivity contribution in [2.75, 3.05) is 0 Å². The zero-order valence-corrected chi connectivity index (χ0v) is 8.42. The first kappa shape index (κ1) is 8.57. The number of imidazole rings is 1. The Hall–Kier alpha value is -1.02. The van der Waals surface area contributed by atoms with Gasteiger partial charge in [0.1, 0.15) is 5.52 Å². The van der Waals surface area contributed by atoms with Crippen LogP contribution in [0.2, 0.25) is 5.02 Å². The highest BCUT2D eigenvalue weighted by Crippen LogP contribution is 2.23. The third kappa shape index (κ3) is 1.31. The van der Waals surface area contributed by atoms with Gasteiger partial charge in [0.05, 0.1) is 16.9 Å². The molecule has 0 saturated carbocycles. The Morgan fingerprint density at radius 2 is 2.15 bits per heavy atom. The van der Waals surface area contributed by atoms with E-state index in [9.17, 15) is 0 Å². The van der Waals surface area contributed by atoms with E-state index in [0.717, 1.165) is 16.1 Å². The van der Waals surface area contributed by atoms with E-state index in [1.54, 1.807) is 0 Å². The number of benzene rings is 1. The Kier molecular flexibility index (Phi) is 2.00. The molecular formula is C10H11ClN2. The summed E-state index contributed by atoms with van der Waals surface area (Å²) in [5.74, 6) is 0. The van der Waals surface area contributed by atoms with Crippen LogP contribution in [0.3, 0.4) is 0 Å². The molecule has 0 aliphatic rings. The van der Waals surface area contributed by atoms with Gasteiger partial charge in [0, 0.05) is 6.04 Å². The maximum atomic E-state index is 6.00. The van der Waals surface area contributed by atoms with E-state index in [-0.39, 0.29) is 0 Å². The molecule has 1 aromatic heterocycles. The van der Waals surface area contributed by atoms with Crippen molar-refractivity contribution in [3.63, 3.8) is 0 Å². The van der Waals surface area contributed by atoms with Crippen molar-refractivity contribution in [3.05, 3.63) is 29.5 Å². The van der Waals surface area contributed by atoms with Crippen molar-refractivity contribution in [1.82, 2.24) is 9.55 Å². The molecule has 0 N–H and O–H groups in total. The van der Waals surface area contributed by atoms with Crippen molar-refractivity contribution in [3.8, 4) is 0 Å². The van der Waals surface area contributed by atoms with Crippen LogP contribution >= 0.6 is 11.6 Å².